The highest BCUT2D eigenvalue weighted by Crippen LogP contribution is 2.24. The van der Waals surface area contributed by atoms with Gasteiger partial charge >= 0.3 is 6.03 Å². The Kier molecular flexibility index (Phi) is 5.72. The summed E-state index contributed by atoms with van der Waals surface area (Å²) < 4.78 is 1.72. The van der Waals surface area contributed by atoms with Crippen LogP contribution in [0.4, 0.5) is 4.79 Å². The van der Waals surface area contributed by atoms with Gasteiger partial charge in [0.25, 0.3) is 0 Å². The third kappa shape index (κ3) is 3.93. The van der Waals surface area contributed by atoms with E-state index in [1.165, 1.54) is 0 Å². The van der Waals surface area contributed by atoms with E-state index in [0.717, 1.165) is 11.3 Å². The minimum Gasteiger partial charge on any atom is -0.325 e. The number of carbonyl (C=O) groups is 1. The van der Waals surface area contributed by atoms with Crippen molar-refractivity contribution >= 4 is 6.03 Å². The lowest BCUT2D eigenvalue weighted by atomic mass is 10.0. The van der Waals surface area contributed by atoms with Crippen molar-refractivity contribution in [2.24, 2.45) is 7.05 Å². The maximum absolute atomic E-state index is 12.7. The third-order valence-electron chi connectivity index (χ3n) is 4.86. The number of urea groups is 1. The molecule has 0 radical (unpaired) electrons. The Balaban J connectivity index is 1.88. The minimum absolute atomic E-state index is 0.0356. The maximum atomic E-state index is 12.7. The smallest absolute Gasteiger partial charge is 0.320 e. The second-order valence-corrected chi connectivity index (χ2v) is 6.55. The quantitative estimate of drug-likeness (QED) is 0.889. The molecule has 0 saturated carbocycles. The Hall–Kier alpha value is -2.92. The number of amides is 2. The molecule has 27 heavy (non-hydrogen) atoms. The predicted molar refractivity (Wildman–Crippen MR) is 102 cm³/mol. The number of hydrogen-bond acceptors (Lipinski definition) is 5. The molecule has 3 heterocycles. The van der Waals surface area contributed by atoms with E-state index in [0.29, 0.717) is 44.0 Å². The van der Waals surface area contributed by atoms with E-state index in [4.69, 9.17) is 4.98 Å². The van der Waals surface area contributed by atoms with Crippen LogP contribution in [0, 0.1) is 11.3 Å². The van der Waals surface area contributed by atoms with Gasteiger partial charge in [-0.3, -0.25) is 4.68 Å². The van der Waals surface area contributed by atoms with Crippen molar-refractivity contribution < 1.29 is 4.79 Å². The van der Waals surface area contributed by atoms with E-state index in [9.17, 15) is 10.1 Å². The molecule has 1 N–H and O–H groups in total. The van der Waals surface area contributed by atoms with E-state index in [1.807, 2.05) is 43.0 Å². The highest BCUT2D eigenvalue weighted by atomic mass is 16.2. The molecule has 1 aliphatic heterocycles. The summed E-state index contributed by atoms with van der Waals surface area (Å²) in [4.78, 5) is 21.1. The fraction of sp³-hybridized carbons (Fsp3) is 0.474. The van der Waals surface area contributed by atoms with Crippen molar-refractivity contribution in [3.8, 4) is 17.3 Å². The molecule has 8 nitrogen and oxygen atoms in total. The molecule has 2 aromatic heterocycles. The van der Waals surface area contributed by atoms with Gasteiger partial charge in [-0.25, -0.2) is 9.78 Å². The SMILES string of the molecule is CCN(CC)C(=O)N1CCNC(c2nc(-c3cnn(C)c3)ccc2C#N)C1. The molecule has 2 aromatic rings. The molecule has 1 aliphatic rings. The van der Waals surface area contributed by atoms with Crippen LogP contribution in [0.25, 0.3) is 11.3 Å². The predicted octanol–water partition coefficient (Wildman–Crippen LogP) is 1.76. The summed E-state index contributed by atoms with van der Waals surface area (Å²) in [6.45, 7) is 7.14. The van der Waals surface area contributed by atoms with Crippen LogP contribution in [-0.4, -0.2) is 63.3 Å². The Bertz CT molecular complexity index is 850. The van der Waals surface area contributed by atoms with E-state index in [1.54, 1.807) is 16.9 Å². The molecule has 0 aromatic carbocycles. The summed E-state index contributed by atoms with van der Waals surface area (Å²) in [5, 5.41) is 17.1. The first-order valence-corrected chi connectivity index (χ1v) is 9.24. The van der Waals surface area contributed by atoms with Gasteiger partial charge in [-0.05, 0) is 26.0 Å². The van der Waals surface area contributed by atoms with Crippen LogP contribution in [0.2, 0.25) is 0 Å². The van der Waals surface area contributed by atoms with Crippen LogP contribution in [0.5, 0.6) is 0 Å². The molecule has 1 unspecified atom stereocenters. The molecular formula is C19H25N7O. The first kappa shape index (κ1) is 18.9. The molecule has 1 fully saturated rings. The lowest BCUT2D eigenvalue weighted by molar-refractivity contribution is 0.140. The molecule has 0 aliphatic carbocycles. The number of pyridine rings is 1. The summed E-state index contributed by atoms with van der Waals surface area (Å²) in [6, 6.07) is 5.71. The van der Waals surface area contributed by atoms with Crippen molar-refractivity contribution in [3.05, 3.63) is 35.8 Å². The van der Waals surface area contributed by atoms with E-state index >= 15 is 0 Å². The summed E-state index contributed by atoms with van der Waals surface area (Å²) in [6.07, 6.45) is 3.64. The summed E-state index contributed by atoms with van der Waals surface area (Å²) in [5.74, 6) is 0. The summed E-state index contributed by atoms with van der Waals surface area (Å²) >= 11 is 0. The van der Waals surface area contributed by atoms with Gasteiger partial charge in [0, 0.05) is 51.5 Å². The maximum Gasteiger partial charge on any atom is 0.320 e. The number of aromatic nitrogens is 3. The van der Waals surface area contributed by atoms with Crippen LogP contribution in [0.1, 0.15) is 31.1 Å². The Labute approximate surface area is 159 Å². The average molecular weight is 367 g/mol. The topological polar surface area (TPSA) is 90.1 Å². The van der Waals surface area contributed by atoms with Gasteiger partial charge in [0.05, 0.1) is 29.2 Å². The Morgan fingerprint density at radius 2 is 2.19 bits per heavy atom. The number of nitrogens with zero attached hydrogens (tertiary/aromatic N) is 6. The lowest BCUT2D eigenvalue weighted by Crippen LogP contribution is -2.52. The van der Waals surface area contributed by atoms with Crippen molar-refractivity contribution in [1.82, 2.24) is 29.9 Å². The van der Waals surface area contributed by atoms with Gasteiger partial charge in [-0.15, -0.1) is 0 Å². The Morgan fingerprint density at radius 1 is 1.41 bits per heavy atom. The van der Waals surface area contributed by atoms with E-state index in [-0.39, 0.29) is 12.1 Å². The normalized spacial score (nSPS) is 16.8. The van der Waals surface area contributed by atoms with Crippen molar-refractivity contribution in [1.29, 1.82) is 5.26 Å². The van der Waals surface area contributed by atoms with Gasteiger partial charge in [0.15, 0.2) is 0 Å². The molecule has 0 bridgehead atoms. The molecule has 0 spiro atoms. The van der Waals surface area contributed by atoms with E-state index in [2.05, 4.69) is 16.5 Å². The fourth-order valence-corrected chi connectivity index (χ4v) is 3.35. The number of rotatable bonds is 4. The molecule has 1 atom stereocenters. The number of carbonyl (C=O) groups excluding carboxylic acids is 1. The van der Waals surface area contributed by atoms with Gasteiger partial charge in [-0.1, -0.05) is 0 Å². The highest BCUT2D eigenvalue weighted by Gasteiger charge is 2.29. The van der Waals surface area contributed by atoms with Crippen molar-refractivity contribution in [2.45, 2.75) is 19.9 Å². The average Bonchev–Trinajstić information content (AvgIpc) is 3.14. The third-order valence-corrected chi connectivity index (χ3v) is 4.86. The number of nitriles is 1. The Morgan fingerprint density at radius 3 is 2.81 bits per heavy atom. The molecule has 142 valence electrons. The molecular weight excluding hydrogens is 342 g/mol. The van der Waals surface area contributed by atoms with E-state index < -0.39 is 0 Å². The van der Waals surface area contributed by atoms with Crippen LogP contribution in [0.3, 0.4) is 0 Å². The van der Waals surface area contributed by atoms with Gasteiger partial charge in [0.1, 0.15) is 6.07 Å². The second kappa shape index (κ2) is 8.18. The second-order valence-electron chi connectivity index (χ2n) is 6.55. The first-order valence-electron chi connectivity index (χ1n) is 9.24. The zero-order valence-electron chi connectivity index (χ0n) is 16.0. The van der Waals surface area contributed by atoms with Gasteiger partial charge in [-0.2, -0.15) is 10.4 Å². The van der Waals surface area contributed by atoms with Crippen molar-refractivity contribution in [2.75, 3.05) is 32.7 Å². The zero-order valence-corrected chi connectivity index (χ0v) is 16.0. The molecule has 1 saturated heterocycles. The van der Waals surface area contributed by atoms with Gasteiger partial charge < -0.3 is 15.1 Å². The highest BCUT2D eigenvalue weighted by molar-refractivity contribution is 5.74. The van der Waals surface area contributed by atoms with Crippen LogP contribution in [-0.2, 0) is 7.05 Å². The molecule has 8 heteroatoms. The fourth-order valence-electron chi connectivity index (χ4n) is 3.35. The molecule has 3 rings (SSSR count). The van der Waals surface area contributed by atoms with Crippen LogP contribution in [0.15, 0.2) is 24.5 Å². The number of nitrogens with one attached hydrogen (secondary N) is 1. The van der Waals surface area contributed by atoms with Crippen LogP contribution >= 0.6 is 0 Å². The van der Waals surface area contributed by atoms with Gasteiger partial charge in [0.2, 0.25) is 0 Å². The molecule has 2 amide bonds. The zero-order chi connectivity index (χ0) is 19.4. The largest absolute Gasteiger partial charge is 0.325 e. The summed E-state index contributed by atoms with van der Waals surface area (Å²) in [7, 11) is 1.85. The lowest BCUT2D eigenvalue weighted by Gasteiger charge is -2.36. The first-order chi connectivity index (χ1) is 13.1. The number of hydrogen-bond donors (Lipinski definition) is 1. The monoisotopic (exact) mass is 367 g/mol. The number of piperazine rings is 1. The standard InChI is InChI=1S/C19H25N7O/c1-4-25(5-2)19(27)26-9-8-21-17(13-26)18-14(10-20)6-7-16(23-18)15-11-22-24(3)12-15/h6-7,11-12,17,21H,4-5,8-9,13H2,1-3H3. The minimum atomic E-state index is -0.176. The van der Waals surface area contributed by atoms with Crippen molar-refractivity contribution in [3.63, 3.8) is 0 Å². The summed E-state index contributed by atoms with van der Waals surface area (Å²) in [5.41, 5.74) is 2.87. The van der Waals surface area contributed by atoms with Crippen LogP contribution < -0.4 is 5.32 Å². The number of aryl methyl sites for hydroxylation is 1.